The smallest absolute Gasteiger partial charge is 0.265 e. The molecule has 0 bridgehead atoms. The zero-order valence-corrected chi connectivity index (χ0v) is 16.8. The highest BCUT2D eigenvalue weighted by Gasteiger charge is 2.22. The first-order valence-electron chi connectivity index (χ1n) is 8.33. The number of methoxy groups -OCH3 is 1. The molecule has 142 valence electrons. The molecule has 0 saturated carbocycles. The molecule has 0 saturated heterocycles. The van der Waals surface area contributed by atoms with E-state index in [0.717, 1.165) is 6.42 Å². The number of hydrogen-bond acceptors (Lipinski definition) is 5. The second-order valence-corrected chi connectivity index (χ2v) is 7.36. The van der Waals surface area contributed by atoms with Gasteiger partial charge in [0.25, 0.3) is 11.8 Å². The Morgan fingerprint density at radius 2 is 2.12 bits per heavy atom. The van der Waals surface area contributed by atoms with Crippen molar-refractivity contribution < 1.29 is 19.1 Å². The molecular formula is C18H23ClN2O4S. The van der Waals surface area contributed by atoms with Gasteiger partial charge in [0.05, 0.1) is 30.0 Å². The monoisotopic (exact) mass is 398 g/mol. The van der Waals surface area contributed by atoms with Gasteiger partial charge in [-0.25, -0.2) is 0 Å². The summed E-state index contributed by atoms with van der Waals surface area (Å²) >= 11 is 7.72. The van der Waals surface area contributed by atoms with Gasteiger partial charge in [-0.05, 0) is 26.3 Å². The molecule has 1 atom stereocenters. The number of carbonyl (C=O) groups excluding carboxylic acids is 2. The van der Waals surface area contributed by atoms with E-state index >= 15 is 0 Å². The van der Waals surface area contributed by atoms with Crippen LogP contribution in [0.5, 0.6) is 5.75 Å². The first-order chi connectivity index (χ1) is 12.4. The number of nitrogens with one attached hydrogen (secondary N) is 2. The Morgan fingerprint density at radius 1 is 1.38 bits per heavy atom. The first-order valence-corrected chi connectivity index (χ1v) is 9.69. The third-order valence-corrected chi connectivity index (χ3v) is 5.39. The van der Waals surface area contributed by atoms with Crippen LogP contribution in [0, 0.1) is 0 Å². The number of anilines is 1. The molecule has 1 unspecified atom stereocenters. The minimum Gasteiger partial charge on any atom is -0.496 e. The molecule has 6 nitrogen and oxygen atoms in total. The first kappa shape index (κ1) is 20.5. The molecule has 2 amide bonds. The average Bonchev–Trinajstić information content (AvgIpc) is 2.63. The van der Waals surface area contributed by atoms with Gasteiger partial charge < -0.3 is 20.1 Å². The number of halogens is 1. The van der Waals surface area contributed by atoms with E-state index in [1.807, 2.05) is 13.8 Å². The Bertz CT molecular complexity index is 736. The SMILES string of the molecule is CCC(C)NC(=O)c1cc(Cl)c(NC(=O)C2=C(C)OCCS2)cc1OC. The van der Waals surface area contributed by atoms with Crippen LogP contribution in [0.3, 0.4) is 0 Å². The summed E-state index contributed by atoms with van der Waals surface area (Å²) in [5.74, 6) is 1.07. The van der Waals surface area contributed by atoms with Gasteiger partial charge in [0, 0.05) is 17.9 Å². The summed E-state index contributed by atoms with van der Waals surface area (Å²) in [4.78, 5) is 25.4. The van der Waals surface area contributed by atoms with Crippen LogP contribution in [0.25, 0.3) is 0 Å². The largest absolute Gasteiger partial charge is 0.496 e. The number of thioether (sulfide) groups is 1. The van der Waals surface area contributed by atoms with E-state index in [0.29, 0.717) is 40.0 Å². The number of amides is 2. The number of carbonyl (C=O) groups is 2. The molecule has 1 aliphatic heterocycles. The van der Waals surface area contributed by atoms with Gasteiger partial charge in [-0.1, -0.05) is 18.5 Å². The summed E-state index contributed by atoms with van der Waals surface area (Å²) in [5.41, 5.74) is 0.696. The molecule has 1 aliphatic rings. The van der Waals surface area contributed by atoms with Crippen LogP contribution in [-0.2, 0) is 9.53 Å². The highest BCUT2D eigenvalue weighted by Crippen LogP contribution is 2.33. The molecule has 26 heavy (non-hydrogen) atoms. The van der Waals surface area contributed by atoms with Crippen LogP contribution in [0.15, 0.2) is 22.8 Å². The third kappa shape index (κ3) is 4.86. The fourth-order valence-electron chi connectivity index (χ4n) is 2.31. The van der Waals surface area contributed by atoms with Crippen molar-refractivity contribution >= 4 is 40.9 Å². The van der Waals surface area contributed by atoms with Crippen LogP contribution in [-0.4, -0.2) is 37.3 Å². The molecule has 0 aliphatic carbocycles. The van der Waals surface area contributed by atoms with Crippen molar-refractivity contribution in [1.82, 2.24) is 5.32 Å². The van der Waals surface area contributed by atoms with E-state index in [2.05, 4.69) is 10.6 Å². The maximum absolute atomic E-state index is 12.5. The molecular weight excluding hydrogens is 376 g/mol. The predicted molar refractivity (Wildman–Crippen MR) is 105 cm³/mol. The van der Waals surface area contributed by atoms with Crippen molar-refractivity contribution in [3.05, 3.63) is 33.4 Å². The van der Waals surface area contributed by atoms with E-state index < -0.39 is 0 Å². The Kier molecular flexibility index (Phi) is 7.23. The van der Waals surface area contributed by atoms with Crippen molar-refractivity contribution in [2.45, 2.75) is 33.2 Å². The maximum atomic E-state index is 12.5. The Hall–Kier alpha value is -1.86. The Balaban J connectivity index is 2.25. The number of benzene rings is 1. The molecule has 2 rings (SSSR count). The van der Waals surface area contributed by atoms with Crippen molar-refractivity contribution in [2.75, 3.05) is 24.8 Å². The quantitative estimate of drug-likeness (QED) is 0.761. The Morgan fingerprint density at radius 3 is 2.73 bits per heavy atom. The van der Waals surface area contributed by atoms with Gasteiger partial charge in [-0.2, -0.15) is 0 Å². The van der Waals surface area contributed by atoms with E-state index in [4.69, 9.17) is 21.1 Å². The van der Waals surface area contributed by atoms with Crippen LogP contribution in [0.1, 0.15) is 37.6 Å². The topological polar surface area (TPSA) is 76.7 Å². The number of ether oxygens (including phenoxy) is 2. The van der Waals surface area contributed by atoms with Gasteiger partial charge in [0.1, 0.15) is 16.4 Å². The summed E-state index contributed by atoms with van der Waals surface area (Å²) in [5, 5.41) is 5.89. The highest BCUT2D eigenvalue weighted by molar-refractivity contribution is 8.04. The summed E-state index contributed by atoms with van der Waals surface area (Å²) < 4.78 is 10.7. The molecule has 8 heteroatoms. The number of hydrogen-bond donors (Lipinski definition) is 2. The van der Waals surface area contributed by atoms with E-state index in [1.54, 1.807) is 13.0 Å². The molecule has 0 fully saturated rings. The van der Waals surface area contributed by atoms with E-state index in [1.165, 1.54) is 24.9 Å². The van der Waals surface area contributed by atoms with Gasteiger partial charge >= 0.3 is 0 Å². The van der Waals surface area contributed by atoms with Crippen LogP contribution in [0.2, 0.25) is 5.02 Å². The molecule has 2 N–H and O–H groups in total. The second kappa shape index (κ2) is 9.19. The average molecular weight is 399 g/mol. The molecule has 0 aromatic heterocycles. The normalized spacial score (nSPS) is 15.1. The fourth-order valence-corrected chi connectivity index (χ4v) is 3.34. The number of rotatable bonds is 6. The van der Waals surface area contributed by atoms with E-state index in [9.17, 15) is 9.59 Å². The fraction of sp³-hybridized carbons (Fsp3) is 0.444. The lowest BCUT2D eigenvalue weighted by atomic mass is 10.1. The standard InChI is InChI=1S/C18H23ClN2O4S/c1-5-10(2)20-17(22)12-8-13(19)14(9-15(12)24-4)21-18(23)16-11(3)25-6-7-26-16/h8-10H,5-7H2,1-4H3,(H,20,22)(H,21,23). The zero-order chi connectivity index (χ0) is 19.3. The van der Waals surface area contributed by atoms with Crippen LogP contribution >= 0.6 is 23.4 Å². The molecule has 1 aromatic carbocycles. The summed E-state index contributed by atoms with van der Waals surface area (Å²) in [6.45, 7) is 6.24. The van der Waals surface area contributed by atoms with Gasteiger partial charge in [0.2, 0.25) is 0 Å². The lowest BCUT2D eigenvalue weighted by molar-refractivity contribution is -0.112. The zero-order valence-electron chi connectivity index (χ0n) is 15.3. The summed E-state index contributed by atoms with van der Waals surface area (Å²) in [6, 6.07) is 3.08. The molecule has 0 spiro atoms. The summed E-state index contributed by atoms with van der Waals surface area (Å²) in [7, 11) is 1.46. The molecule has 1 heterocycles. The van der Waals surface area contributed by atoms with Gasteiger partial charge in [-0.3, -0.25) is 9.59 Å². The van der Waals surface area contributed by atoms with Crippen molar-refractivity contribution in [3.8, 4) is 5.75 Å². The van der Waals surface area contributed by atoms with E-state index in [-0.39, 0.29) is 22.9 Å². The predicted octanol–water partition coefficient (Wildman–Crippen LogP) is 3.81. The lowest BCUT2D eigenvalue weighted by Crippen LogP contribution is -2.32. The second-order valence-electron chi connectivity index (χ2n) is 5.85. The number of allylic oxidation sites excluding steroid dienone is 1. The molecule has 0 radical (unpaired) electrons. The lowest BCUT2D eigenvalue weighted by Gasteiger charge is -2.19. The van der Waals surface area contributed by atoms with Crippen LogP contribution in [0.4, 0.5) is 5.69 Å². The van der Waals surface area contributed by atoms with Crippen LogP contribution < -0.4 is 15.4 Å². The van der Waals surface area contributed by atoms with Gasteiger partial charge in [-0.15, -0.1) is 11.8 Å². The minimum atomic E-state index is -0.298. The third-order valence-electron chi connectivity index (χ3n) is 3.95. The summed E-state index contributed by atoms with van der Waals surface area (Å²) in [6.07, 6.45) is 0.810. The minimum absolute atomic E-state index is 0.0311. The highest BCUT2D eigenvalue weighted by atomic mass is 35.5. The van der Waals surface area contributed by atoms with Crippen molar-refractivity contribution in [3.63, 3.8) is 0 Å². The maximum Gasteiger partial charge on any atom is 0.265 e. The Labute approximate surface area is 162 Å². The van der Waals surface area contributed by atoms with Crippen molar-refractivity contribution in [2.24, 2.45) is 0 Å². The van der Waals surface area contributed by atoms with Gasteiger partial charge in [0.15, 0.2) is 0 Å². The molecule has 1 aromatic rings. The van der Waals surface area contributed by atoms with Crippen molar-refractivity contribution in [1.29, 1.82) is 0 Å².